The molecule has 0 bridgehead atoms. The average molecular weight is 311 g/mol. The van der Waals surface area contributed by atoms with Crippen LogP contribution in [0.2, 0.25) is 5.02 Å². The van der Waals surface area contributed by atoms with Crippen LogP contribution in [-0.4, -0.2) is 30.3 Å². The summed E-state index contributed by atoms with van der Waals surface area (Å²) < 4.78 is 5.84. The van der Waals surface area contributed by atoms with Crippen molar-refractivity contribution < 1.29 is 4.74 Å². The monoisotopic (exact) mass is 310 g/mol. The number of nitrogens with one attached hydrogen (secondary N) is 1. The van der Waals surface area contributed by atoms with E-state index >= 15 is 0 Å². The molecular formula is C17H27ClN2O. The van der Waals surface area contributed by atoms with E-state index in [0.717, 1.165) is 43.9 Å². The molecule has 21 heavy (non-hydrogen) atoms. The van der Waals surface area contributed by atoms with E-state index in [1.807, 2.05) is 12.3 Å². The summed E-state index contributed by atoms with van der Waals surface area (Å²) in [6.07, 6.45) is 12.2. The highest BCUT2D eigenvalue weighted by Crippen LogP contribution is 2.21. The normalized spacial score (nSPS) is 20.4. The van der Waals surface area contributed by atoms with Gasteiger partial charge in [-0.2, -0.15) is 0 Å². The minimum Gasteiger partial charge on any atom is -0.378 e. The molecule has 1 aliphatic heterocycles. The standard InChI is InChI=1S/C17H27ClN2O/c1-2-9-20-15(6-7-16-5-3-4-11-21-16)12-14-8-10-19-13-17(14)18/h8,10,13,15-16,20H,2-7,9,11-12H2,1H3. The molecule has 0 amide bonds. The van der Waals surface area contributed by atoms with Gasteiger partial charge in [0.1, 0.15) is 0 Å². The number of pyridine rings is 1. The Bertz CT molecular complexity index is 408. The zero-order chi connectivity index (χ0) is 14.9. The summed E-state index contributed by atoms with van der Waals surface area (Å²) in [5.74, 6) is 0. The van der Waals surface area contributed by atoms with Gasteiger partial charge in [-0.1, -0.05) is 18.5 Å². The van der Waals surface area contributed by atoms with E-state index < -0.39 is 0 Å². The molecule has 0 aliphatic carbocycles. The van der Waals surface area contributed by atoms with Gasteiger partial charge >= 0.3 is 0 Å². The Kier molecular flexibility index (Phi) is 7.48. The lowest BCUT2D eigenvalue weighted by Crippen LogP contribution is -2.33. The van der Waals surface area contributed by atoms with Crippen LogP contribution in [0.3, 0.4) is 0 Å². The summed E-state index contributed by atoms with van der Waals surface area (Å²) in [5, 5.41) is 4.42. The molecule has 1 saturated heterocycles. The molecule has 1 aromatic rings. The fraction of sp³-hybridized carbons (Fsp3) is 0.706. The molecule has 1 aromatic heterocycles. The van der Waals surface area contributed by atoms with Crippen LogP contribution in [0, 0.1) is 0 Å². The largest absolute Gasteiger partial charge is 0.378 e. The third kappa shape index (κ3) is 5.93. The van der Waals surface area contributed by atoms with Crippen molar-refractivity contribution in [3.63, 3.8) is 0 Å². The van der Waals surface area contributed by atoms with Gasteiger partial charge in [0.25, 0.3) is 0 Å². The first-order valence-corrected chi connectivity index (χ1v) is 8.60. The second kappa shape index (κ2) is 9.39. The predicted octanol–water partition coefficient (Wildman–Crippen LogP) is 4.00. The van der Waals surface area contributed by atoms with Gasteiger partial charge in [0.15, 0.2) is 0 Å². The van der Waals surface area contributed by atoms with E-state index in [2.05, 4.69) is 17.2 Å². The first-order chi connectivity index (χ1) is 10.3. The molecule has 1 N–H and O–H groups in total. The Hall–Kier alpha value is -0.640. The van der Waals surface area contributed by atoms with Crippen molar-refractivity contribution in [1.82, 2.24) is 10.3 Å². The molecule has 1 aliphatic rings. The smallest absolute Gasteiger partial charge is 0.0621 e. The van der Waals surface area contributed by atoms with Gasteiger partial charge < -0.3 is 10.1 Å². The van der Waals surface area contributed by atoms with E-state index in [0.29, 0.717) is 12.1 Å². The number of hydrogen-bond donors (Lipinski definition) is 1. The lowest BCUT2D eigenvalue weighted by molar-refractivity contribution is 0.00858. The molecule has 4 heteroatoms. The molecule has 3 nitrogen and oxygen atoms in total. The third-order valence-electron chi connectivity index (χ3n) is 4.12. The maximum Gasteiger partial charge on any atom is 0.0621 e. The van der Waals surface area contributed by atoms with Gasteiger partial charge in [-0.3, -0.25) is 4.98 Å². The fourth-order valence-electron chi connectivity index (χ4n) is 2.88. The van der Waals surface area contributed by atoms with Crippen molar-refractivity contribution in [3.8, 4) is 0 Å². The van der Waals surface area contributed by atoms with Crippen molar-refractivity contribution in [2.45, 2.75) is 64.0 Å². The molecular weight excluding hydrogens is 284 g/mol. The Morgan fingerprint density at radius 2 is 2.38 bits per heavy atom. The van der Waals surface area contributed by atoms with Crippen molar-refractivity contribution in [1.29, 1.82) is 0 Å². The van der Waals surface area contributed by atoms with Crippen LogP contribution in [0.4, 0.5) is 0 Å². The van der Waals surface area contributed by atoms with E-state index in [4.69, 9.17) is 16.3 Å². The van der Waals surface area contributed by atoms with Crippen molar-refractivity contribution >= 4 is 11.6 Å². The number of nitrogens with zero attached hydrogens (tertiary/aromatic N) is 1. The molecule has 2 heterocycles. The first-order valence-electron chi connectivity index (χ1n) is 8.23. The molecule has 2 rings (SSSR count). The van der Waals surface area contributed by atoms with Crippen molar-refractivity contribution in [2.24, 2.45) is 0 Å². The molecule has 118 valence electrons. The van der Waals surface area contributed by atoms with Crippen LogP contribution in [0.25, 0.3) is 0 Å². The Balaban J connectivity index is 1.86. The predicted molar refractivity (Wildman–Crippen MR) is 87.9 cm³/mol. The van der Waals surface area contributed by atoms with Gasteiger partial charge in [0.2, 0.25) is 0 Å². The fourth-order valence-corrected chi connectivity index (χ4v) is 3.08. The Morgan fingerprint density at radius 1 is 1.48 bits per heavy atom. The average Bonchev–Trinajstić information content (AvgIpc) is 2.53. The molecule has 0 saturated carbocycles. The minimum atomic E-state index is 0.456. The highest BCUT2D eigenvalue weighted by atomic mass is 35.5. The molecule has 2 unspecified atom stereocenters. The van der Waals surface area contributed by atoms with Gasteiger partial charge in [-0.15, -0.1) is 0 Å². The SMILES string of the molecule is CCCNC(CCC1CCCCO1)Cc1ccncc1Cl. The summed E-state index contributed by atoms with van der Waals surface area (Å²) in [6, 6.07) is 2.50. The van der Waals surface area contributed by atoms with Crippen LogP contribution in [0.5, 0.6) is 0 Å². The summed E-state index contributed by atoms with van der Waals surface area (Å²) in [6.45, 7) is 4.19. The highest BCUT2D eigenvalue weighted by molar-refractivity contribution is 6.31. The zero-order valence-electron chi connectivity index (χ0n) is 13.0. The number of hydrogen-bond acceptors (Lipinski definition) is 3. The molecule has 0 aromatic carbocycles. The lowest BCUT2D eigenvalue weighted by atomic mass is 9.97. The van der Waals surface area contributed by atoms with Crippen LogP contribution in [-0.2, 0) is 11.2 Å². The molecule has 0 radical (unpaired) electrons. The van der Waals surface area contributed by atoms with Gasteiger partial charge in [-0.05, 0) is 63.1 Å². The third-order valence-corrected chi connectivity index (χ3v) is 4.46. The Labute approximate surface area is 133 Å². The number of rotatable bonds is 8. The minimum absolute atomic E-state index is 0.456. The van der Waals surface area contributed by atoms with E-state index in [-0.39, 0.29) is 0 Å². The Morgan fingerprint density at radius 3 is 3.10 bits per heavy atom. The van der Waals surface area contributed by atoms with E-state index in [9.17, 15) is 0 Å². The summed E-state index contributed by atoms with van der Waals surface area (Å²) in [7, 11) is 0. The summed E-state index contributed by atoms with van der Waals surface area (Å²) >= 11 is 6.24. The summed E-state index contributed by atoms with van der Waals surface area (Å²) in [5.41, 5.74) is 1.19. The number of halogens is 1. The second-order valence-corrected chi connectivity index (χ2v) is 6.30. The second-order valence-electron chi connectivity index (χ2n) is 5.89. The van der Waals surface area contributed by atoms with Gasteiger partial charge in [0.05, 0.1) is 11.1 Å². The highest BCUT2D eigenvalue weighted by Gasteiger charge is 2.17. The number of aromatic nitrogens is 1. The van der Waals surface area contributed by atoms with Crippen LogP contribution < -0.4 is 5.32 Å². The maximum absolute atomic E-state index is 6.24. The van der Waals surface area contributed by atoms with Crippen molar-refractivity contribution in [3.05, 3.63) is 29.0 Å². The quantitative estimate of drug-likeness (QED) is 0.788. The van der Waals surface area contributed by atoms with Crippen molar-refractivity contribution in [2.75, 3.05) is 13.2 Å². The molecule has 1 fully saturated rings. The lowest BCUT2D eigenvalue weighted by Gasteiger charge is -2.25. The topological polar surface area (TPSA) is 34.1 Å². The van der Waals surface area contributed by atoms with Crippen LogP contribution >= 0.6 is 11.6 Å². The zero-order valence-corrected chi connectivity index (χ0v) is 13.7. The number of ether oxygens (including phenoxy) is 1. The van der Waals surface area contributed by atoms with E-state index in [1.54, 1.807) is 6.20 Å². The molecule has 0 spiro atoms. The van der Waals surface area contributed by atoms with E-state index in [1.165, 1.54) is 24.8 Å². The van der Waals surface area contributed by atoms with Gasteiger partial charge in [-0.25, -0.2) is 0 Å². The van der Waals surface area contributed by atoms with Gasteiger partial charge in [0, 0.05) is 25.0 Å². The molecule has 2 atom stereocenters. The summed E-state index contributed by atoms with van der Waals surface area (Å²) in [4.78, 5) is 4.06. The maximum atomic E-state index is 6.24. The first kappa shape index (κ1) is 16.7. The van der Waals surface area contributed by atoms with Crippen LogP contribution in [0.1, 0.15) is 51.0 Å². The van der Waals surface area contributed by atoms with Crippen LogP contribution in [0.15, 0.2) is 18.5 Å².